The van der Waals surface area contributed by atoms with Gasteiger partial charge < -0.3 is 9.84 Å². The number of aromatic hydroxyl groups is 1. The molecule has 1 aromatic rings. The highest BCUT2D eigenvalue weighted by Gasteiger charge is 2.34. The second kappa shape index (κ2) is 17.8. The maximum Gasteiger partial charge on any atom is 0.310 e. The number of esters is 1. The molecule has 39 heavy (non-hydrogen) atoms. The molecule has 0 aliphatic rings. The lowest BCUT2D eigenvalue weighted by Crippen LogP contribution is -2.23. The van der Waals surface area contributed by atoms with Crippen molar-refractivity contribution in [2.75, 3.05) is 0 Å². The topological polar surface area (TPSA) is 63.6 Å². The van der Waals surface area contributed by atoms with Crippen LogP contribution in [0.15, 0.2) is 6.07 Å². The van der Waals surface area contributed by atoms with Crippen molar-refractivity contribution in [2.45, 2.75) is 175 Å². The van der Waals surface area contributed by atoms with Crippen molar-refractivity contribution in [2.24, 2.45) is 0 Å². The number of benzene rings is 1. The molecule has 0 radical (unpaired) electrons. The van der Waals surface area contributed by atoms with Crippen LogP contribution in [0.3, 0.4) is 0 Å². The van der Waals surface area contributed by atoms with E-state index in [0.717, 1.165) is 19.3 Å². The van der Waals surface area contributed by atoms with Crippen molar-refractivity contribution < 1.29 is 19.4 Å². The van der Waals surface area contributed by atoms with Crippen LogP contribution in [0.25, 0.3) is 0 Å². The zero-order valence-electron chi connectivity index (χ0n) is 26.8. The quantitative estimate of drug-likeness (QED) is 0.0814. The summed E-state index contributed by atoms with van der Waals surface area (Å²) in [4.78, 5) is 25.8. The Morgan fingerprint density at radius 1 is 0.692 bits per heavy atom. The van der Waals surface area contributed by atoms with Crippen LogP contribution in [0.4, 0.5) is 0 Å². The zero-order valence-corrected chi connectivity index (χ0v) is 26.8. The Kier molecular flexibility index (Phi) is 16.0. The third kappa shape index (κ3) is 12.9. The Morgan fingerprint density at radius 2 is 1.13 bits per heavy atom. The van der Waals surface area contributed by atoms with E-state index in [-0.39, 0.29) is 29.3 Å². The summed E-state index contributed by atoms with van der Waals surface area (Å²) in [7, 11) is 0. The summed E-state index contributed by atoms with van der Waals surface area (Å²) < 4.78 is 5.70. The van der Waals surface area contributed by atoms with Crippen LogP contribution < -0.4 is 4.74 Å². The molecule has 1 N–H and O–H groups in total. The first-order valence-corrected chi connectivity index (χ1v) is 16.0. The molecule has 0 atom stereocenters. The highest BCUT2D eigenvalue weighted by Crippen LogP contribution is 2.45. The minimum atomic E-state index is -0.487. The molecule has 4 nitrogen and oxygen atoms in total. The maximum absolute atomic E-state index is 13.5. The highest BCUT2D eigenvalue weighted by molar-refractivity contribution is 6.02. The van der Waals surface area contributed by atoms with Crippen LogP contribution >= 0.6 is 0 Å². The predicted octanol–water partition coefficient (Wildman–Crippen LogP) is 10.7. The number of unbranched alkanes of at least 4 members (excludes halogenated alkanes) is 14. The van der Waals surface area contributed by atoms with E-state index in [1.54, 1.807) is 13.0 Å². The normalized spacial score (nSPS) is 12.1. The smallest absolute Gasteiger partial charge is 0.310 e. The van der Waals surface area contributed by atoms with Crippen LogP contribution in [0.5, 0.6) is 11.5 Å². The fraction of sp³-hybridized carbons (Fsp3) is 0.771. The van der Waals surface area contributed by atoms with Crippen LogP contribution in [-0.2, 0) is 15.6 Å². The van der Waals surface area contributed by atoms with Gasteiger partial charge in [0, 0.05) is 24.0 Å². The van der Waals surface area contributed by atoms with Crippen molar-refractivity contribution in [3.8, 4) is 11.5 Å². The zero-order chi connectivity index (χ0) is 29.5. The Labute approximate surface area is 240 Å². The van der Waals surface area contributed by atoms with Crippen molar-refractivity contribution in [1.29, 1.82) is 0 Å². The summed E-state index contributed by atoms with van der Waals surface area (Å²) in [6.07, 6.45) is 19.8. The van der Waals surface area contributed by atoms with Crippen molar-refractivity contribution in [1.82, 2.24) is 0 Å². The first-order valence-electron chi connectivity index (χ1n) is 16.0. The fourth-order valence-corrected chi connectivity index (χ4v) is 5.28. The predicted molar refractivity (Wildman–Crippen MR) is 165 cm³/mol. The van der Waals surface area contributed by atoms with Gasteiger partial charge in [0.2, 0.25) is 0 Å². The maximum atomic E-state index is 13.5. The van der Waals surface area contributed by atoms with Gasteiger partial charge in [-0.15, -0.1) is 0 Å². The second-order valence-corrected chi connectivity index (χ2v) is 13.5. The summed E-state index contributed by atoms with van der Waals surface area (Å²) in [6.45, 7) is 16.0. The number of hydrogen-bond donors (Lipinski definition) is 1. The minimum Gasteiger partial charge on any atom is -0.507 e. The van der Waals surface area contributed by atoms with Crippen molar-refractivity contribution >= 4 is 11.8 Å². The molecule has 1 aromatic carbocycles. The third-order valence-corrected chi connectivity index (χ3v) is 7.62. The Bertz CT molecular complexity index is 870. The number of phenols is 1. The van der Waals surface area contributed by atoms with Gasteiger partial charge in [0.1, 0.15) is 11.5 Å². The Balaban J connectivity index is 2.65. The molecule has 0 unspecified atom stereocenters. The van der Waals surface area contributed by atoms with Crippen LogP contribution in [-0.4, -0.2) is 16.9 Å². The summed E-state index contributed by atoms with van der Waals surface area (Å²) in [6, 6.07) is 1.71. The number of rotatable bonds is 19. The van der Waals surface area contributed by atoms with Crippen molar-refractivity contribution in [3.63, 3.8) is 0 Å². The minimum absolute atomic E-state index is 0.0516. The number of ketones is 1. The van der Waals surface area contributed by atoms with Gasteiger partial charge >= 0.3 is 5.97 Å². The van der Waals surface area contributed by atoms with Gasteiger partial charge in [-0.2, -0.15) is 0 Å². The number of carbonyl (C=O) groups is 2. The van der Waals surface area contributed by atoms with Crippen LogP contribution in [0.2, 0.25) is 0 Å². The molecule has 0 aromatic heterocycles. The molecular formula is C35H60O4. The van der Waals surface area contributed by atoms with E-state index in [4.69, 9.17) is 4.74 Å². The molecule has 4 heteroatoms. The highest BCUT2D eigenvalue weighted by atomic mass is 16.5. The summed E-state index contributed by atoms with van der Waals surface area (Å²) in [5.41, 5.74) is 0.793. The van der Waals surface area contributed by atoms with Gasteiger partial charge in [-0.25, -0.2) is 0 Å². The first kappa shape index (κ1) is 35.2. The molecule has 1 rings (SSSR count). The lowest BCUT2D eigenvalue weighted by Gasteiger charge is -2.30. The largest absolute Gasteiger partial charge is 0.507 e. The van der Waals surface area contributed by atoms with Gasteiger partial charge in [0.25, 0.3) is 0 Å². The second-order valence-electron chi connectivity index (χ2n) is 13.5. The van der Waals surface area contributed by atoms with E-state index in [0.29, 0.717) is 28.9 Å². The standard InChI is InChI=1S/C35H60O4/c1-9-11-12-13-14-15-16-17-18-19-20-21-22-23-24-25-28(36)31-29(39-30(37)10-2)26-27(34(3,4)5)33(38)32(31)35(6,7)8/h26,38H,9-25H2,1-8H3. The average molecular weight is 545 g/mol. The van der Waals surface area contributed by atoms with Crippen LogP contribution in [0, 0.1) is 0 Å². The average Bonchev–Trinajstić information content (AvgIpc) is 2.85. The van der Waals surface area contributed by atoms with E-state index < -0.39 is 5.41 Å². The van der Waals surface area contributed by atoms with Crippen molar-refractivity contribution in [3.05, 3.63) is 22.8 Å². The molecule has 0 bridgehead atoms. The molecular weight excluding hydrogens is 484 g/mol. The molecule has 0 aliphatic heterocycles. The van der Waals surface area contributed by atoms with Gasteiger partial charge in [-0.1, -0.05) is 145 Å². The van der Waals surface area contributed by atoms with Gasteiger partial charge in [-0.05, 0) is 23.3 Å². The Morgan fingerprint density at radius 3 is 1.51 bits per heavy atom. The van der Waals surface area contributed by atoms with Gasteiger partial charge in [-0.3, -0.25) is 9.59 Å². The number of hydrogen-bond acceptors (Lipinski definition) is 4. The summed E-state index contributed by atoms with van der Waals surface area (Å²) in [5.74, 6) is 0.0114. The molecule has 224 valence electrons. The van der Waals surface area contributed by atoms with E-state index in [1.165, 1.54) is 77.0 Å². The molecule has 0 spiro atoms. The van der Waals surface area contributed by atoms with E-state index in [9.17, 15) is 14.7 Å². The number of Topliss-reactive ketones (excluding diaryl/α,β-unsaturated/α-hetero) is 1. The summed E-state index contributed by atoms with van der Waals surface area (Å²) >= 11 is 0. The number of ether oxygens (including phenoxy) is 1. The summed E-state index contributed by atoms with van der Waals surface area (Å²) in [5, 5.41) is 11.3. The van der Waals surface area contributed by atoms with Gasteiger partial charge in [0.05, 0.1) is 5.56 Å². The number of carbonyl (C=O) groups excluding carboxylic acids is 2. The molecule has 0 saturated heterocycles. The lowest BCUT2D eigenvalue weighted by molar-refractivity contribution is -0.134. The van der Waals surface area contributed by atoms with Gasteiger partial charge in [0.15, 0.2) is 5.78 Å². The van der Waals surface area contributed by atoms with E-state index in [2.05, 4.69) is 6.92 Å². The van der Waals surface area contributed by atoms with E-state index in [1.807, 2.05) is 41.5 Å². The fourth-order valence-electron chi connectivity index (χ4n) is 5.28. The molecule has 0 aliphatic carbocycles. The lowest BCUT2D eigenvalue weighted by atomic mass is 9.76. The SMILES string of the molecule is CCCCCCCCCCCCCCCCCC(=O)c1c(OC(=O)CC)cc(C(C)(C)C)c(O)c1C(C)(C)C. The molecule has 0 amide bonds. The Hall–Kier alpha value is -1.84. The monoisotopic (exact) mass is 544 g/mol. The third-order valence-electron chi connectivity index (χ3n) is 7.62. The van der Waals surface area contributed by atoms with E-state index >= 15 is 0 Å². The first-order chi connectivity index (χ1) is 18.3. The molecule has 0 saturated carbocycles. The molecule has 0 fully saturated rings. The number of phenolic OH excluding ortho intramolecular Hbond substituents is 1. The molecule has 0 heterocycles. The van der Waals surface area contributed by atoms with Crippen LogP contribution in [0.1, 0.15) is 186 Å².